The number of rotatable bonds is 1. The molecule has 0 atom stereocenters. The number of aromatic nitrogens is 1. The van der Waals surface area contributed by atoms with Crippen LogP contribution in [0, 0.1) is 18.3 Å². The summed E-state index contributed by atoms with van der Waals surface area (Å²) in [6.07, 6.45) is 3.47. The van der Waals surface area contributed by atoms with Crippen molar-refractivity contribution < 1.29 is 0 Å². The van der Waals surface area contributed by atoms with Gasteiger partial charge in [0.25, 0.3) is 0 Å². The summed E-state index contributed by atoms with van der Waals surface area (Å²) in [5.74, 6) is 0. The van der Waals surface area contributed by atoms with Gasteiger partial charge in [0, 0.05) is 17.3 Å². The molecular formula is C11H9N3S. The lowest BCUT2D eigenvalue weighted by atomic mass is 10.1. The van der Waals surface area contributed by atoms with Crippen LogP contribution in [-0.2, 0) is 0 Å². The van der Waals surface area contributed by atoms with E-state index in [0.29, 0.717) is 10.6 Å². The maximum atomic E-state index is 8.92. The fourth-order valence-corrected chi connectivity index (χ4v) is 2.48. The van der Waals surface area contributed by atoms with Gasteiger partial charge in [-0.25, -0.2) is 0 Å². The van der Waals surface area contributed by atoms with Gasteiger partial charge in [0.05, 0.1) is 5.56 Å². The van der Waals surface area contributed by atoms with Crippen LogP contribution in [0.3, 0.4) is 0 Å². The van der Waals surface area contributed by atoms with Gasteiger partial charge in [-0.1, -0.05) is 0 Å². The summed E-state index contributed by atoms with van der Waals surface area (Å²) in [4.78, 5) is 5.01. The number of hydrogen-bond acceptors (Lipinski definition) is 4. The average molecular weight is 215 g/mol. The molecule has 0 saturated heterocycles. The van der Waals surface area contributed by atoms with Gasteiger partial charge in [-0.3, -0.25) is 4.98 Å². The van der Waals surface area contributed by atoms with E-state index in [9.17, 15) is 0 Å². The van der Waals surface area contributed by atoms with E-state index in [4.69, 9.17) is 11.0 Å². The van der Waals surface area contributed by atoms with Crippen molar-refractivity contribution in [2.24, 2.45) is 0 Å². The fraction of sp³-hybridized carbons (Fsp3) is 0.0909. The standard InChI is InChI=1S/C11H9N3S/c1-7-9(6-12)11(13)15-10(7)8-2-4-14-5-3-8/h2-5H,13H2,1H3. The average Bonchev–Trinajstić information content (AvgIpc) is 2.55. The van der Waals surface area contributed by atoms with Crippen LogP contribution in [-0.4, -0.2) is 4.98 Å². The monoisotopic (exact) mass is 215 g/mol. The predicted octanol–water partition coefficient (Wildman–Crippen LogP) is 2.57. The van der Waals surface area contributed by atoms with E-state index < -0.39 is 0 Å². The van der Waals surface area contributed by atoms with E-state index >= 15 is 0 Å². The first kappa shape index (κ1) is 9.69. The van der Waals surface area contributed by atoms with Gasteiger partial charge in [0.2, 0.25) is 0 Å². The topological polar surface area (TPSA) is 62.7 Å². The highest BCUT2D eigenvalue weighted by Crippen LogP contribution is 2.37. The first-order valence-electron chi connectivity index (χ1n) is 4.43. The molecule has 0 unspecified atom stereocenters. The molecule has 2 heterocycles. The third-order valence-corrected chi connectivity index (χ3v) is 3.40. The van der Waals surface area contributed by atoms with Crippen molar-refractivity contribution in [2.75, 3.05) is 5.73 Å². The molecule has 0 aliphatic rings. The minimum Gasteiger partial charge on any atom is -0.389 e. The number of nitrogens with zero attached hydrogens (tertiary/aromatic N) is 2. The summed E-state index contributed by atoms with van der Waals surface area (Å²) in [5, 5.41) is 9.51. The highest BCUT2D eigenvalue weighted by Gasteiger charge is 2.13. The third-order valence-electron chi connectivity index (χ3n) is 2.23. The lowest BCUT2D eigenvalue weighted by Crippen LogP contribution is -1.84. The zero-order valence-corrected chi connectivity index (χ0v) is 9.01. The number of hydrogen-bond donors (Lipinski definition) is 1. The Labute approximate surface area is 91.8 Å². The second-order valence-corrected chi connectivity index (χ2v) is 4.20. The van der Waals surface area contributed by atoms with Crippen LogP contribution in [0.15, 0.2) is 24.5 Å². The molecule has 0 amide bonds. The zero-order valence-electron chi connectivity index (χ0n) is 8.19. The molecule has 0 radical (unpaired) electrons. The number of nitriles is 1. The summed E-state index contributed by atoms with van der Waals surface area (Å²) < 4.78 is 0. The van der Waals surface area contributed by atoms with Crippen molar-refractivity contribution in [3.8, 4) is 16.5 Å². The molecule has 0 aromatic carbocycles. The number of nitrogens with two attached hydrogens (primary N) is 1. The first-order chi connectivity index (χ1) is 7.24. The summed E-state index contributed by atoms with van der Waals surface area (Å²) in [6, 6.07) is 5.96. The minimum absolute atomic E-state index is 0.585. The molecule has 0 saturated carbocycles. The Hall–Kier alpha value is -1.86. The maximum Gasteiger partial charge on any atom is 0.105 e. The van der Waals surface area contributed by atoms with Gasteiger partial charge in [0.15, 0.2) is 0 Å². The molecular weight excluding hydrogens is 206 g/mol. The lowest BCUT2D eigenvalue weighted by Gasteiger charge is -1.97. The Balaban J connectivity index is 2.62. The molecule has 4 heteroatoms. The molecule has 0 fully saturated rings. The Bertz CT molecular complexity index is 523. The van der Waals surface area contributed by atoms with Crippen molar-refractivity contribution in [3.63, 3.8) is 0 Å². The third kappa shape index (κ3) is 1.58. The molecule has 2 rings (SSSR count). The fourth-order valence-electron chi connectivity index (χ4n) is 1.45. The summed E-state index contributed by atoms with van der Waals surface area (Å²) in [7, 11) is 0. The van der Waals surface area contributed by atoms with E-state index in [1.165, 1.54) is 11.3 Å². The van der Waals surface area contributed by atoms with Crippen LogP contribution in [0.1, 0.15) is 11.1 Å². The minimum atomic E-state index is 0.585. The second kappa shape index (κ2) is 3.71. The summed E-state index contributed by atoms with van der Waals surface area (Å²) >= 11 is 1.45. The Morgan fingerprint density at radius 3 is 2.60 bits per heavy atom. The van der Waals surface area contributed by atoms with E-state index in [1.54, 1.807) is 12.4 Å². The van der Waals surface area contributed by atoms with Crippen molar-refractivity contribution >= 4 is 16.3 Å². The number of pyridine rings is 1. The van der Waals surface area contributed by atoms with Crippen LogP contribution < -0.4 is 5.73 Å². The molecule has 0 aliphatic heterocycles. The van der Waals surface area contributed by atoms with Crippen molar-refractivity contribution in [1.29, 1.82) is 5.26 Å². The smallest absolute Gasteiger partial charge is 0.105 e. The number of nitrogen functional groups attached to an aromatic ring is 1. The van der Waals surface area contributed by atoms with Crippen LogP contribution >= 0.6 is 11.3 Å². The van der Waals surface area contributed by atoms with Gasteiger partial charge < -0.3 is 5.73 Å². The van der Waals surface area contributed by atoms with Crippen LogP contribution in [0.5, 0.6) is 0 Å². The van der Waals surface area contributed by atoms with Gasteiger partial charge in [-0.2, -0.15) is 5.26 Å². The van der Waals surface area contributed by atoms with Crippen LogP contribution in [0.25, 0.3) is 10.4 Å². The number of thiophene rings is 1. The summed E-state index contributed by atoms with van der Waals surface area (Å²) in [6.45, 7) is 1.92. The normalized spacial score (nSPS) is 9.87. The van der Waals surface area contributed by atoms with Crippen LogP contribution in [0.4, 0.5) is 5.00 Å². The highest BCUT2D eigenvalue weighted by molar-refractivity contribution is 7.19. The quantitative estimate of drug-likeness (QED) is 0.795. The molecule has 15 heavy (non-hydrogen) atoms. The van der Waals surface area contributed by atoms with Gasteiger partial charge in [0.1, 0.15) is 11.1 Å². The van der Waals surface area contributed by atoms with Crippen molar-refractivity contribution in [2.45, 2.75) is 6.92 Å². The predicted molar refractivity (Wildman–Crippen MR) is 61.4 cm³/mol. The first-order valence-corrected chi connectivity index (χ1v) is 5.25. The molecule has 0 aliphatic carbocycles. The van der Waals surface area contributed by atoms with E-state index in [-0.39, 0.29) is 0 Å². The molecule has 3 nitrogen and oxygen atoms in total. The van der Waals surface area contributed by atoms with E-state index in [2.05, 4.69) is 11.1 Å². The zero-order chi connectivity index (χ0) is 10.8. The summed E-state index contributed by atoms with van der Waals surface area (Å²) in [5.41, 5.74) is 8.37. The molecule has 0 spiro atoms. The van der Waals surface area contributed by atoms with E-state index in [1.807, 2.05) is 19.1 Å². The molecule has 2 N–H and O–H groups in total. The lowest BCUT2D eigenvalue weighted by molar-refractivity contribution is 1.33. The molecule has 2 aromatic rings. The van der Waals surface area contributed by atoms with Crippen LogP contribution in [0.2, 0.25) is 0 Å². The molecule has 2 aromatic heterocycles. The molecule has 0 bridgehead atoms. The SMILES string of the molecule is Cc1c(-c2ccncc2)sc(N)c1C#N. The second-order valence-electron chi connectivity index (χ2n) is 3.14. The van der Waals surface area contributed by atoms with Crippen molar-refractivity contribution in [1.82, 2.24) is 4.98 Å². The van der Waals surface area contributed by atoms with Gasteiger partial charge >= 0.3 is 0 Å². The van der Waals surface area contributed by atoms with Gasteiger partial charge in [-0.15, -0.1) is 11.3 Å². The van der Waals surface area contributed by atoms with E-state index in [0.717, 1.165) is 16.0 Å². The van der Waals surface area contributed by atoms with Gasteiger partial charge in [-0.05, 0) is 30.2 Å². The number of anilines is 1. The molecule has 74 valence electrons. The Morgan fingerprint density at radius 1 is 1.40 bits per heavy atom. The van der Waals surface area contributed by atoms with Crippen molar-refractivity contribution in [3.05, 3.63) is 35.7 Å². The Morgan fingerprint density at radius 2 is 2.07 bits per heavy atom. The highest BCUT2D eigenvalue weighted by atomic mass is 32.1. The Kier molecular flexibility index (Phi) is 2.40. The largest absolute Gasteiger partial charge is 0.389 e. The maximum absolute atomic E-state index is 8.92.